The number of benzene rings is 1. The first-order chi connectivity index (χ1) is 9.70. The molecule has 1 aliphatic carbocycles. The van der Waals surface area contributed by atoms with Gasteiger partial charge < -0.3 is 4.74 Å². The number of nitriles is 1. The molecule has 1 N–H and O–H groups in total. The second-order valence-electron chi connectivity index (χ2n) is 5.84. The second kappa shape index (κ2) is 6.88. The molecule has 0 spiro atoms. The zero-order valence-corrected chi connectivity index (χ0v) is 12.4. The minimum absolute atomic E-state index is 0.295. The van der Waals surface area contributed by atoms with Crippen LogP contribution in [0.2, 0.25) is 0 Å². The van der Waals surface area contributed by atoms with Crippen LogP contribution in [0.15, 0.2) is 30.3 Å². The maximum atomic E-state index is 9.62. The molecule has 3 heteroatoms. The fourth-order valence-corrected chi connectivity index (χ4v) is 2.95. The molecule has 3 nitrogen and oxygen atoms in total. The summed E-state index contributed by atoms with van der Waals surface area (Å²) < 4.78 is 6.07. The molecule has 20 heavy (non-hydrogen) atoms. The van der Waals surface area contributed by atoms with Crippen molar-refractivity contribution in [3.05, 3.63) is 35.9 Å². The number of hydrogen-bond acceptors (Lipinski definition) is 3. The SMILES string of the molecule is CNC(C#N)(COC1CCCC(C)C1)c1ccccc1. The van der Waals surface area contributed by atoms with E-state index in [0.29, 0.717) is 12.7 Å². The van der Waals surface area contributed by atoms with E-state index < -0.39 is 5.54 Å². The minimum Gasteiger partial charge on any atom is -0.375 e. The number of nitrogens with one attached hydrogen (secondary N) is 1. The van der Waals surface area contributed by atoms with Gasteiger partial charge in [-0.2, -0.15) is 5.26 Å². The van der Waals surface area contributed by atoms with Crippen LogP contribution in [-0.2, 0) is 10.3 Å². The largest absolute Gasteiger partial charge is 0.375 e. The number of likely N-dealkylation sites (N-methyl/N-ethyl adjacent to an activating group) is 1. The van der Waals surface area contributed by atoms with Gasteiger partial charge in [-0.05, 0) is 31.4 Å². The Hall–Kier alpha value is -1.37. The van der Waals surface area contributed by atoms with Crippen molar-refractivity contribution in [2.45, 2.75) is 44.2 Å². The van der Waals surface area contributed by atoms with Gasteiger partial charge in [0.05, 0.1) is 18.8 Å². The van der Waals surface area contributed by atoms with E-state index in [1.54, 1.807) is 0 Å². The Morgan fingerprint density at radius 1 is 1.35 bits per heavy atom. The van der Waals surface area contributed by atoms with Crippen molar-refractivity contribution in [3.8, 4) is 6.07 Å². The Morgan fingerprint density at radius 3 is 2.70 bits per heavy atom. The molecule has 3 unspecified atom stereocenters. The van der Waals surface area contributed by atoms with Gasteiger partial charge in [-0.15, -0.1) is 0 Å². The molecular formula is C17H24N2O. The van der Waals surface area contributed by atoms with Gasteiger partial charge in [0.2, 0.25) is 0 Å². The maximum absolute atomic E-state index is 9.62. The number of rotatable bonds is 5. The lowest BCUT2D eigenvalue weighted by Gasteiger charge is -2.32. The summed E-state index contributed by atoms with van der Waals surface area (Å²) in [4.78, 5) is 0. The van der Waals surface area contributed by atoms with Gasteiger partial charge in [-0.3, -0.25) is 5.32 Å². The summed E-state index contributed by atoms with van der Waals surface area (Å²) in [6.07, 6.45) is 5.05. The number of nitrogens with zero attached hydrogens (tertiary/aromatic N) is 1. The Balaban J connectivity index is 2.05. The van der Waals surface area contributed by atoms with Crippen LogP contribution >= 0.6 is 0 Å². The molecule has 2 rings (SSSR count). The second-order valence-corrected chi connectivity index (χ2v) is 5.84. The monoisotopic (exact) mass is 272 g/mol. The van der Waals surface area contributed by atoms with Crippen LogP contribution in [0.3, 0.4) is 0 Å². The van der Waals surface area contributed by atoms with E-state index in [0.717, 1.165) is 24.3 Å². The molecule has 3 atom stereocenters. The van der Waals surface area contributed by atoms with Crippen LogP contribution in [-0.4, -0.2) is 19.8 Å². The van der Waals surface area contributed by atoms with Gasteiger partial charge >= 0.3 is 0 Å². The van der Waals surface area contributed by atoms with E-state index in [9.17, 15) is 5.26 Å². The molecule has 1 aliphatic rings. The van der Waals surface area contributed by atoms with Gasteiger partial charge in [0.25, 0.3) is 0 Å². The highest BCUT2D eigenvalue weighted by Crippen LogP contribution is 2.28. The van der Waals surface area contributed by atoms with Crippen molar-refractivity contribution in [2.75, 3.05) is 13.7 Å². The molecular weight excluding hydrogens is 248 g/mol. The van der Waals surface area contributed by atoms with Crippen molar-refractivity contribution in [3.63, 3.8) is 0 Å². The predicted molar refractivity (Wildman–Crippen MR) is 80.2 cm³/mol. The molecule has 108 valence electrons. The summed E-state index contributed by atoms with van der Waals surface area (Å²) in [6, 6.07) is 12.2. The van der Waals surface area contributed by atoms with E-state index in [1.165, 1.54) is 12.8 Å². The molecule has 0 radical (unpaired) electrons. The smallest absolute Gasteiger partial charge is 0.155 e. The van der Waals surface area contributed by atoms with Gasteiger partial charge in [0.1, 0.15) is 0 Å². The number of ether oxygens (including phenoxy) is 1. The summed E-state index contributed by atoms with van der Waals surface area (Å²) in [6.45, 7) is 2.68. The van der Waals surface area contributed by atoms with Crippen LogP contribution in [0, 0.1) is 17.2 Å². The third kappa shape index (κ3) is 3.39. The van der Waals surface area contributed by atoms with Crippen LogP contribution in [0.4, 0.5) is 0 Å². The first-order valence-corrected chi connectivity index (χ1v) is 7.47. The summed E-state index contributed by atoms with van der Waals surface area (Å²) >= 11 is 0. The van der Waals surface area contributed by atoms with Crippen molar-refractivity contribution >= 4 is 0 Å². The fourth-order valence-electron chi connectivity index (χ4n) is 2.95. The van der Waals surface area contributed by atoms with E-state index in [2.05, 4.69) is 18.3 Å². The molecule has 1 saturated carbocycles. The Labute approximate surface area is 121 Å². The fraction of sp³-hybridized carbons (Fsp3) is 0.588. The average molecular weight is 272 g/mol. The van der Waals surface area contributed by atoms with Gasteiger partial charge in [0.15, 0.2) is 5.54 Å². The quantitative estimate of drug-likeness (QED) is 0.895. The summed E-state index contributed by atoms with van der Waals surface area (Å²) in [5, 5.41) is 12.8. The highest BCUT2D eigenvalue weighted by atomic mass is 16.5. The molecule has 0 aromatic heterocycles. The lowest BCUT2D eigenvalue weighted by Crippen LogP contribution is -2.44. The zero-order chi connectivity index (χ0) is 14.4. The van der Waals surface area contributed by atoms with Crippen LogP contribution < -0.4 is 5.32 Å². The first-order valence-electron chi connectivity index (χ1n) is 7.47. The minimum atomic E-state index is -0.748. The Kier molecular flexibility index (Phi) is 5.17. The highest BCUT2D eigenvalue weighted by Gasteiger charge is 2.32. The Morgan fingerprint density at radius 2 is 2.10 bits per heavy atom. The molecule has 1 aromatic rings. The molecule has 0 amide bonds. The maximum Gasteiger partial charge on any atom is 0.155 e. The highest BCUT2D eigenvalue weighted by molar-refractivity contribution is 5.31. The standard InChI is InChI=1S/C17H24N2O/c1-14-7-6-10-16(11-14)20-13-17(12-18,19-2)15-8-4-3-5-9-15/h3-5,8-9,14,16,19H,6-7,10-11,13H2,1-2H3. The van der Waals surface area contributed by atoms with E-state index in [-0.39, 0.29) is 0 Å². The normalized spacial score (nSPS) is 25.6. The molecule has 0 bridgehead atoms. The van der Waals surface area contributed by atoms with Crippen molar-refractivity contribution in [1.82, 2.24) is 5.32 Å². The van der Waals surface area contributed by atoms with Crippen LogP contribution in [0.5, 0.6) is 0 Å². The summed E-state index contributed by atoms with van der Waals surface area (Å²) in [5.74, 6) is 0.733. The molecule has 1 aromatic carbocycles. The number of hydrogen-bond donors (Lipinski definition) is 1. The van der Waals surface area contributed by atoms with Gasteiger partial charge in [-0.25, -0.2) is 0 Å². The third-order valence-electron chi connectivity index (χ3n) is 4.31. The average Bonchev–Trinajstić information content (AvgIpc) is 2.50. The topological polar surface area (TPSA) is 45.0 Å². The third-order valence-corrected chi connectivity index (χ3v) is 4.31. The summed E-state index contributed by atoms with van der Waals surface area (Å²) in [5.41, 5.74) is 0.218. The van der Waals surface area contributed by atoms with Gasteiger partial charge in [-0.1, -0.05) is 50.1 Å². The molecule has 1 fully saturated rings. The van der Waals surface area contributed by atoms with E-state index >= 15 is 0 Å². The molecule has 0 heterocycles. The van der Waals surface area contributed by atoms with Gasteiger partial charge in [0, 0.05) is 0 Å². The van der Waals surface area contributed by atoms with E-state index in [1.807, 2.05) is 37.4 Å². The summed E-state index contributed by atoms with van der Waals surface area (Å²) in [7, 11) is 1.82. The van der Waals surface area contributed by atoms with Crippen molar-refractivity contribution < 1.29 is 4.74 Å². The lowest BCUT2D eigenvalue weighted by atomic mass is 9.88. The molecule has 0 aliphatic heterocycles. The first kappa shape index (κ1) is 15.0. The Bertz CT molecular complexity index is 454. The molecule has 0 saturated heterocycles. The van der Waals surface area contributed by atoms with Crippen molar-refractivity contribution in [2.24, 2.45) is 5.92 Å². The van der Waals surface area contributed by atoms with E-state index in [4.69, 9.17) is 4.74 Å². The van der Waals surface area contributed by atoms with Crippen LogP contribution in [0.1, 0.15) is 38.2 Å². The lowest BCUT2D eigenvalue weighted by molar-refractivity contribution is -0.00701. The van der Waals surface area contributed by atoms with Crippen LogP contribution in [0.25, 0.3) is 0 Å². The zero-order valence-electron chi connectivity index (χ0n) is 12.4. The predicted octanol–water partition coefficient (Wildman–Crippen LogP) is 3.22. The van der Waals surface area contributed by atoms with Crippen molar-refractivity contribution in [1.29, 1.82) is 5.26 Å².